The lowest BCUT2D eigenvalue weighted by molar-refractivity contribution is 0.247. The highest BCUT2D eigenvalue weighted by Crippen LogP contribution is 2.53. The molecule has 1 aliphatic heterocycles. The molecule has 2 heterocycles. The van der Waals surface area contributed by atoms with Crippen molar-refractivity contribution in [1.82, 2.24) is 14.7 Å². The molecule has 2 aliphatic rings. The molecule has 3 nitrogen and oxygen atoms in total. The second-order valence-electron chi connectivity index (χ2n) is 7.58. The Hall–Kier alpha value is -1.87. The van der Waals surface area contributed by atoms with Gasteiger partial charge in [-0.2, -0.15) is 5.10 Å². The van der Waals surface area contributed by atoms with E-state index in [9.17, 15) is 0 Å². The topological polar surface area (TPSA) is 21.1 Å². The molecule has 1 aliphatic carbocycles. The van der Waals surface area contributed by atoms with Crippen LogP contribution in [-0.2, 0) is 6.54 Å². The van der Waals surface area contributed by atoms with Crippen molar-refractivity contribution in [2.45, 2.75) is 45.1 Å². The molecular weight excluding hydrogens is 294 g/mol. The molecule has 1 aromatic heterocycles. The van der Waals surface area contributed by atoms with Gasteiger partial charge in [-0.15, -0.1) is 0 Å². The molecule has 0 amide bonds. The first-order valence-electron chi connectivity index (χ1n) is 9.15. The molecule has 1 unspecified atom stereocenters. The smallest absolute Gasteiger partial charge is 0.0541 e. The Morgan fingerprint density at radius 2 is 2.00 bits per heavy atom. The van der Waals surface area contributed by atoms with Crippen LogP contribution in [0.5, 0.6) is 0 Å². The number of likely N-dealkylation sites (tertiary alicyclic amines) is 1. The maximum Gasteiger partial charge on any atom is 0.0541 e. The van der Waals surface area contributed by atoms with Gasteiger partial charge in [-0.1, -0.05) is 49.8 Å². The number of benzene rings is 1. The summed E-state index contributed by atoms with van der Waals surface area (Å²) in [5, 5.41) is 4.41. The maximum absolute atomic E-state index is 4.41. The highest BCUT2D eigenvalue weighted by Gasteiger charge is 2.48. The molecule has 126 valence electrons. The van der Waals surface area contributed by atoms with Gasteiger partial charge >= 0.3 is 0 Å². The molecule has 1 atom stereocenters. The van der Waals surface area contributed by atoms with E-state index in [0.29, 0.717) is 11.3 Å². The van der Waals surface area contributed by atoms with Gasteiger partial charge in [0, 0.05) is 43.0 Å². The van der Waals surface area contributed by atoms with Crippen LogP contribution < -0.4 is 0 Å². The summed E-state index contributed by atoms with van der Waals surface area (Å²) >= 11 is 0. The van der Waals surface area contributed by atoms with E-state index >= 15 is 0 Å². The van der Waals surface area contributed by atoms with Crippen LogP contribution in [0.25, 0.3) is 6.20 Å². The van der Waals surface area contributed by atoms with Gasteiger partial charge in [0.15, 0.2) is 0 Å². The van der Waals surface area contributed by atoms with Gasteiger partial charge in [0.2, 0.25) is 0 Å². The van der Waals surface area contributed by atoms with Gasteiger partial charge in [0.25, 0.3) is 0 Å². The average Bonchev–Trinajstić information content (AvgIpc) is 3.31. The maximum atomic E-state index is 4.41. The standard InChI is InChI=1S/C21H27N3/c1-3-24-17(2)19(13-22-24)14-23-15-20(18-9-5-4-6-10-18)21(16-23)11-7-8-12-21/h3-6,9-10,13,20H,1,7-8,11-12,14-16H2,2H3. The third kappa shape index (κ3) is 2.61. The van der Waals surface area contributed by atoms with E-state index in [2.05, 4.69) is 53.8 Å². The summed E-state index contributed by atoms with van der Waals surface area (Å²) in [6, 6.07) is 11.2. The van der Waals surface area contributed by atoms with Gasteiger partial charge < -0.3 is 0 Å². The number of nitrogens with zero attached hydrogens (tertiary/aromatic N) is 3. The summed E-state index contributed by atoms with van der Waals surface area (Å²) in [5.74, 6) is 0.677. The zero-order valence-electron chi connectivity index (χ0n) is 14.6. The summed E-state index contributed by atoms with van der Waals surface area (Å²) in [6.45, 7) is 9.37. The lowest BCUT2D eigenvalue weighted by Gasteiger charge is -2.30. The van der Waals surface area contributed by atoms with Crippen molar-refractivity contribution in [3.8, 4) is 0 Å². The molecule has 24 heavy (non-hydrogen) atoms. The second-order valence-corrected chi connectivity index (χ2v) is 7.58. The van der Waals surface area contributed by atoms with E-state index in [0.717, 1.165) is 6.54 Å². The summed E-state index contributed by atoms with van der Waals surface area (Å²) in [7, 11) is 0. The lowest BCUT2D eigenvalue weighted by atomic mass is 9.73. The third-order valence-electron chi connectivity index (χ3n) is 6.23. The minimum atomic E-state index is 0.490. The summed E-state index contributed by atoms with van der Waals surface area (Å²) < 4.78 is 1.88. The Bertz CT molecular complexity index is 710. The van der Waals surface area contributed by atoms with E-state index in [-0.39, 0.29) is 0 Å². The van der Waals surface area contributed by atoms with E-state index in [1.165, 1.54) is 55.6 Å². The van der Waals surface area contributed by atoms with Crippen LogP contribution in [-0.4, -0.2) is 27.8 Å². The van der Waals surface area contributed by atoms with Gasteiger partial charge in [-0.25, -0.2) is 4.68 Å². The van der Waals surface area contributed by atoms with Crippen LogP contribution in [0.4, 0.5) is 0 Å². The SMILES string of the molecule is C=Cn1ncc(CN2CC(c3ccccc3)C3(CCCC3)C2)c1C. The summed E-state index contributed by atoms with van der Waals surface area (Å²) in [6.07, 6.45) is 9.35. The second kappa shape index (κ2) is 6.21. The highest BCUT2D eigenvalue weighted by molar-refractivity contribution is 5.28. The first-order chi connectivity index (χ1) is 11.7. The number of hydrogen-bond donors (Lipinski definition) is 0. The normalized spacial score (nSPS) is 23.1. The van der Waals surface area contributed by atoms with Gasteiger partial charge in [0.1, 0.15) is 0 Å². The Balaban J connectivity index is 1.58. The minimum absolute atomic E-state index is 0.490. The molecule has 1 saturated heterocycles. The third-order valence-corrected chi connectivity index (χ3v) is 6.23. The van der Waals surface area contributed by atoms with Crippen LogP contribution in [0.3, 0.4) is 0 Å². The molecule has 1 aromatic carbocycles. The van der Waals surface area contributed by atoms with Crippen molar-refractivity contribution >= 4 is 6.20 Å². The van der Waals surface area contributed by atoms with Crippen LogP contribution in [0.15, 0.2) is 43.1 Å². The van der Waals surface area contributed by atoms with Gasteiger partial charge in [-0.3, -0.25) is 4.90 Å². The Kier molecular flexibility index (Phi) is 4.05. The fourth-order valence-corrected chi connectivity index (χ4v) is 4.96. The Morgan fingerprint density at radius 3 is 2.67 bits per heavy atom. The average molecular weight is 321 g/mol. The zero-order valence-corrected chi connectivity index (χ0v) is 14.6. The fraction of sp³-hybridized carbons (Fsp3) is 0.476. The van der Waals surface area contributed by atoms with Crippen LogP contribution in [0, 0.1) is 12.3 Å². The molecule has 0 bridgehead atoms. The van der Waals surface area contributed by atoms with Crippen molar-refractivity contribution in [2.24, 2.45) is 5.41 Å². The molecule has 0 radical (unpaired) electrons. The lowest BCUT2D eigenvalue weighted by Crippen LogP contribution is -2.26. The first-order valence-corrected chi connectivity index (χ1v) is 9.15. The molecular formula is C21H27N3. The van der Waals surface area contributed by atoms with E-state index < -0.39 is 0 Å². The molecule has 4 rings (SSSR count). The predicted octanol–water partition coefficient (Wildman–Crippen LogP) is 4.45. The minimum Gasteiger partial charge on any atom is -0.298 e. The number of aromatic nitrogens is 2. The van der Waals surface area contributed by atoms with Gasteiger partial charge in [-0.05, 0) is 30.7 Å². The van der Waals surface area contributed by atoms with Crippen molar-refractivity contribution in [1.29, 1.82) is 0 Å². The van der Waals surface area contributed by atoms with Crippen LogP contribution in [0.2, 0.25) is 0 Å². The number of rotatable bonds is 4. The molecule has 2 aromatic rings. The quantitative estimate of drug-likeness (QED) is 0.829. The van der Waals surface area contributed by atoms with Crippen molar-refractivity contribution in [3.63, 3.8) is 0 Å². The van der Waals surface area contributed by atoms with E-state index in [1.54, 1.807) is 6.20 Å². The van der Waals surface area contributed by atoms with Crippen molar-refractivity contribution < 1.29 is 0 Å². The van der Waals surface area contributed by atoms with E-state index in [4.69, 9.17) is 0 Å². The van der Waals surface area contributed by atoms with Crippen molar-refractivity contribution in [3.05, 3.63) is 59.9 Å². The molecule has 1 saturated carbocycles. The first kappa shape index (κ1) is 15.6. The van der Waals surface area contributed by atoms with Crippen molar-refractivity contribution in [2.75, 3.05) is 13.1 Å². The van der Waals surface area contributed by atoms with Crippen LogP contribution in [0.1, 0.15) is 48.4 Å². The molecule has 3 heteroatoms. The van der Waals surface area contributed by atoms with E-state index in [1.807, 2.05) is 10.9 Å². The largest absolute Gasteiger partial charge is 0.298 e. The summed E-state index contributed by atoms with van der Waals surface area (Å²) in [5.41, 5.74) is 4.56. The highest BCUT2D eigenvalue weighted by atomic mass is 15.3. The molecule has 0 N–H and O–H groups in total. The number of hydrogen-bond acceptors (Lipinski definition) is 2. The fourth-order valence-electron chi connectivity index (χ4n) is 4.96. The van der Waals surface area contributed by atoms with Gasteiger partial charge in [0.05, 0.1) is 6.20 Å². The Labute approximate surface area is 145 Å². The predicted molar refractivity (Wildman–Crippen MR) is 98.7 cm³/mol. The Morgan fingerprint density at radius 1 is 1.25 bits per heavy atom. The monoisotopic (exact) mass is 321 g/mol. The molecule has 1 spiro atoms. The zero-order chi connectivity index (χ0) is 16.6. The summed E-state index contributed by atoms with van der Waals surface area (Å²) in [4.78, 5) is 2.65. The molecule has 2 fully saturated rings. The van der Waals surface area contributed by atoms with Crippen LogP contribution >= 0.6 is 0 Å².